The van der Waals surface area contributed by atoms with Crippen molar-refractivity contribution in [2.75, 3.05) is 12.9 Å². The van der Waals surface area contributed by atoms with Crippen LogP contribution in [0.3, 0.4) is 0 Å². The number of hydrogen-bond donors (Lipinski definition) is 0. The van der Waals surface area contributed by atoms with Gasteiger partial charge in [0.1, 0.15) is 0 Å². The highest BCUT2D eigenvalue weighted by Gasteiger charge is 2.22. The van der Waals surface area contributed by atoms with Crippen LogP contribution < -0.4 is 0 Å². The highest BCUT2D eigenvalue weighted by atomic mass is 32.2. The first-order valence-electron chi connectivity index (χ1n) is 9.58. The lowest BCUT2D eigenvalue weighted by atomic mass is 9.84. The van der Waals surface area contributed by atoms with Gasteiger partial charge in [0.25, 0.3) is 0 Å². The van der Waals surface area contributed by atoms with Crippen molar-refractivity contribution in [3.05, 3.63) is 23.3 Å². The molecule has 0 N–H and O–H groups in total. The molecule has 24 heavy (non-hydrogen) atoms. The third-order valence-electron chi connectivity index (χ3n) is 5.39. The lowest BCUT2D eigenvalue weighted by Crippen LogP contribution is -2.20. The fourth-order valence-corrected chi connectivity index (χ4v) is 3.90. The summed E-state index contributed by atoms with van der Waals surface area (Å²) >= 11 is 2.01. The van der Waals surface area contributed by atoms with Crippen LogP contribution >= 0.6 is 11.8 Å². The van der Waals surface area contributed by atoms with E-state index in [2.05, 4.69) is 33.1 Å². The van der Waals surface area contributed by atoms with Crippen molar-refractivity contribution in [1.82, 2.24) is 0 Å². The molecule has 0 bridgehead atoms. The van der Waals surface area contributed by atoms with Crippen LogP contribution in [0, 0.1) is 5.92 Å². The maximum absolute atomic E-state index is 11.6. The summed E-state index contributed by atoms with van der Waals surface area (Å²) < 4.78 is 5.46. The molecule has 0 aromatic heterocycles. The first kappa shape index (κ1) is 21.3. The Labute approximate surface area is 153 Å². The Hall–Kier alpha value is -0.700. The summed E-state index contributed by atoms with van der Waals surface area (Å²) in [6.45, 7) is 9.30. The van der Waals surface area contributed by atoms with E-state index >= 15 is 0 Å². The molecule has 0 aromatic rings. The second-order valence-corrected chi connectivity index (χ2v) is 8.55. The van der Waals surface area contributed by atoms with Gasteiger partial charge in [-0.15, -0.1) is 0 Å². The van der Waals surface area contributed by atoms with Gasteiger partial charge in [-0.1, -0.05) is 38.8 Å². The Kier molecular flexibility index (Phi) is 9.80. The van der Waals surface area contributed by atoms with Gasteiger partial charge < -0.3 is 4.74 Å². The van der Waals surface area contributed by atoms with Gasteiger partial charge in [-0.2, -0.15) is 11.8 Å². The quantitative estimate of drug-likeness (QED) is 0.340. The Morgan fingerprint density at radius 1 is 1.38 bits per heavy atom. The second-order valence-electron chi connectivity index (χ2n) is 7.15. The summed E-state index contributed by atoms with van der Waals surface area (Å²) in [7, 11) is 0. The largest absolute Gasteiger partial charge is 0.463 e. The smallest absolute Gasteiger partial charge is 0.331 e. The molecular formula is C21H36O2S. The van der Waals surface area contributed by atoms with Gasteiger partial charge in [0.15, 0.2) is 0 Å². The van der Waals surface area contributed by atoms with Crippen LogP contribution in [0.25, 0.3) is 0 Å². The van der Waals surface area contributed by atoms with Crippen molar-refractivity contribution in [2.45, 2.75) is 83.8 Å². The van der Waals surface area contributed by atoms with Gasteiger partial charge in [0.2, 0.25) is 0 Å². The summed E-state index contributed by atoms with van der Waals surface area (Å²) in [4.78, 5) is 11.6. The predicted octanol–water partition coefficient (Wildman–Crippen LogP) is 6.31. The van der Waals surface area contributed by atoms with Gasteiger partial charge in [-0.25, -0.2) is 4.79 Å². The van der Waals surface area contributed by atoms with Gasteiger partial charge in [-0.05, 0) is 69.6 Å². The zero-order valence-corrected chi connectivity index (χ0v) is 17.1. The summed E-state index contributed by atoms with van der Waals surface area (Å²) in [5, 5.41) is 0. The summed E-state index contributed by atoms with van der Waals surface area (Å²) in [6.07, 6.45) is 15.8. The van der Waals surface area contributed by atoms with E-state index in [0.717, 1.165) is 24.3 Å². The maximum atomic E-state index is 11.6. The topological polar surface area (TPSA) is 26.3 Å². The predicted molar refractivity (Wildman–Crippen MR) is 106 cm³/mol. The summed E-state index contributed by atoms with van der Waals surface area (Å²) in [6, 6.07) is 0. The lowest BCUT2D eigenvalue weighted by molar-refractivity contribution is -0.137. The molecule has 1 rings (SSSR count). The minimum atomic E-state index is -0.198. The minimum absolute atomic E-state index is 0.198. The molecule has 2 unspecified atom stereocenters. The van der Waals surface area contributed by atoms with Crippen molar-refractivity contribution in [1.29, 1.82) is 0 Å². The summed E-state index contributed by atoms with van der Waals surface area (Å²) in [5.41, 5.74) is 2.66. The molecule has 0 heterocycles. The van der Waals surface area contributed by atoms with Crippen LogP contribution in [0.1, 0.15) is 79.1 Å². The van der Waals surface area contributed by atoms with Crippen molar-refractivity contribution in [2.24, 2.45) is 5.92 Å². The number of carbonyl (C=O) groups is 1. The van der Waals surface area contributed by atoms with Crippen molar-refractivity contribution < 1.29 is 9.53 Å². The van der Waals surface area contributed by atoms with Crippen LogP contribution in [-0.2, 0) is 9.53 Å². The van der Waals surface area contributed by atoms with Crippen LogP contribution in [-0.4, -0.2) is 23.6 Å². The Morgan fingerprint density at radius 3 is 2.71 bits per heavy atom. The van der Waals surface area contributed by atoms with E-state index in [9.17, 15) is 4.79 Å². The number of hydrogen-bond acceptors (Lipinski definition) is 3. The van der Waals surface area contributed by atoms with Gasteiger partial charge >= 0.3 is 5.97 Å². The zero-order valence-electron chi connectivity index (χ0n) is 16.3. The van der Waals surface area contributed by atoms with E-state index < -0.39 is 0 Å². The van der Waals surface area contributed by atoms with E-state index in [-0.39, 0.29) is 5.97 Å². The molecule has 0 aromatic carbocycles. The highest BCUT2D eigenvalue weighted by molar-refractivity contribution is 7.99. The van der Waals surface area contributed by atoms with Crippen LogP contribution in [0.15, 0.2) is 23.3 Å². The molecule has 0 radical (unpaired) electrons. The average molecular weight is 353 g/mol. The number of carbonyl (C=O) groups excluding carboxylic acids is 1. The van der Waals surface area contributed by atoms with E-state index in [1.807, 2.05) is 18.7 Å². The average Bonchev–Trinajstić information content (AvgIpc) is 2.58. The number of ether oxygens (including phenoxy) is 1. The molecular weight excluding hydrogens is 316 g/mol. The molecule has 1 aliphatic carbocycles. The Bertz CT molecular complexity index is 447. The SMILES string of the molecule is CCOC(=O)C=C1C=C(CC(CC)CCC(C)(CC)SC)CCC1. The number of allylic oxidation sites excluding steroid dienone is 3. The van der Waals surface area contributed by atoms with Crippen LogP contribution in [0.2, 0.25) is 0 Å². The summed E-state index contributed by atoms with van der Waals surface area (Å²) in [5.74, 6) is 0.562. The second kappa shape index (κ2) is 11.0. The van der Waals surface area contributed by atoms with E-state index in [0.29, 0.717) is 11.4 Å². The minimum Gasteiger partial charge on any atom is -0.463 e. The molecule has 0 saturated heterocycles. The van der Waals surface area contributed by atoms with Crippen molar-refractivity contribution >= 4 is 17.7 Å². The molecule has 1 aliphatic rings. The Morgan fingerprint density at radius 2 is 2.12 bits per heavy atom. The number of thioether (sulfide) groups is 1. The molecule has 0 fully saturated rings. The Balaban J connectivity index is 2.64. The molecule has 138 valence electrons. The molecule has 2 atom stereocenters. The standard InChI is InChI=1S/C21H36O2S/c1-6-17(12-13-21(4,7-2)24-5)14-18-10-9-11-19(15-18)16-20(22)23-8-3/h15-17H,6-14H2,1-5H3. The molecule has 0 spiro atoms. The normalized spacial score (nSPS) is 20.4. The van der Waals surface area contributed by atoms with Gasteiger partial charge in [0.05, 0.1) is 6.61 Å². The van der Waals surface area contributed by atoms with Crippen molar-refractivity contribution in [3.8, 4) is 0 Å². The van der Waals surface area contributed by atoms with Gasteiger partial charge in [-0.3, -0.25) is 0 Å². The molecule has 0 saturated carbocycles. The number of rotatable bonds is 10. The highest BCUT2D eigenvalue weighted by Crippen LogP contribution is 2.35. The third kappa shape index (κ3) is 7.46. The molecule has 3 heteroatoms. The fourth-order valence-electron chi connectivity index (χ4n) is 3.29. The van der Waals surface area contributed by atoms with Crippen LogP contribution in [0.4, 0.5) is 0 Å². The third-order valence-corrected chi connectivity index (χ3v) is 6.87. The maximum Gasteiger partial charge on any atom is 0.331 e. The molecule has 2 nitrogen and oxygen atoms in total. The monoisotopic (exact) mass is 352 g/mol. The van der Waals surface area contributed by atoms with E-state index in [1.165, 1.54) is 44.1 Å². The van der Waals surface area contributed by atoms with E-state index in [1.54, 1.807) is 6.08 Å². The first-order valence-corrected chi connectivity index (χ1v) is 10.8. The van der Waals surface area contributed by atoms with Crippen molar-refractivity contribution in [3.63, 3.8) is 0 Å². The van der Waals surface area contributed by atoms with E-state index in [4.69, 9.17) is 4.74 Å². The molecule has 0 aliphatic heterocycles. The fraction of sp³-hybridized carbons (Fsp3) is 0.762. The first-order chi connectivity index (χ1) is 11.5. The van der Waals surface area contributed by atoms with Gasteiger partial charge in [0, 0.05) is 10.8 Å². The lowest BCUT2D eigenvalue weighted by Gasteiger charge is -2.29. The molecule has 0 amide bonds. The number of esters is 1. The zero-order chi connectivity index (χ0) is 18.0. The van der Waals surface area contributed by atoms with Crippen LogP contribution in [0.5, 0.6) is 0 Å².